The molecule has 0 bridgehead atoms. The zero-order valence-electron chi connectivity index (χ0n) is 20.6. The molecule has 2 heterocycles. The lowest BCUT2D eigenvalue weighted by Gasteiger charge is -2.18. The van der Waals surface area contributed by atoms with Crippen LogP contribution in [0.1, 0.15) is 17.0 Å². The van der Waals surface area contributed by atoms with Gasteiger partial charge in [-0.25, -0.2) is 9.78 Å². The van der Waals surface area contributed by atoms with Gasteiger partial charge in [-0.2, -0.15) is 0 Å². The summed E-state index contributed by atoms with van der Waals surface area (Å²) in [6, 6.07) is 19.3. The van der Waals surface area contributed by atoms with E-state index in [0.29, 0.717) is 30.8 Å². The maximum Gasteiger partial charge on any atom is 0.332 e. The van der Waals surface area contributed by atoms with Gasteiger partial charge in [-0.15, -0.1) is 0 Å². The van der Waals surface area contributed by atoms with Gasteiger partial charge in [0.1, 0.15) is 19.1 Å². The highest BCUT2D eigenvalue weighted by molar-refractivity contribution is 5.82. The van der Waals surface area contributed by atoms with Crippen molar-refractivity contribution in [1.29, 1.82) is 0 Å². The minimum Gasteiger partial charge on any atom is -1.00 e. The van der Waals surface area contributed by atoms with Crippen LogP contribution in [-0.4, -0.2) is 51.4 Å². The Morgan fingerprint density at radius 3 is 2.11 bits per heavy atom. The number of likely N-dealkylation sites (N-methyl/N-ethyl adjacent to an activating group) is 1. The predicted molar refractivity (Wildman–Crippen MR) is 133 cm³/mol. The highest BCUT2D eigenvalue weighted by Crippen LogP contribution is 2.25. The first kappa shape index (κ1) is 26.9. The van der Waals surface area contributed by atoms with Gasteiger partial charge in [0, 0.05) is 14.1 Å². The van der Waals surface area contributed by atoms with Crippen molar-refractivity contribution < 1.29 is 26.8 Å². The van der Waals surface area contributed by atoms with Gasteiger partial charge >= 0.3 is 11.7 Å². The average molecular weight is 512 g/mol. The summed E-state index contributed by atoms with van der Waals surface area (Å²) in [5, 5.41) is 0. The molecule has 1 N–H and O–H groups in total. The number of hydrogen-bond donors (Lipinski definition) is 1. The second kappa shape index (κ2) is 11.8. The third-order valence-electron chi connectivity index (χ3n) is 6.27. The Balaban J connectivity index is 0.00000361. The number of benzene rings is 2. The fourth-order valence-electron chi connectivity index (χ4n) is 4.17. The van der Waals surface area contributed by atoms with Gasteiger partial charge in [0.2, 0.25) is 0 Å². The summed E-state index contributed by atoms with van der Waals surface area (Å²) in [6.07, 6.45) is 1.59. The highest BCUT2D eigenvalue weighted by Gasteiger charge is 2.24. The van der Waals surface area contributed by atoms with Gasteiger partial charge in [-0.05, 0) is 11.1 Å². The first-order chi connectivity index (χ1) is 16.9. The topological polar surface area (TPSA) is 92.6 Å². The van der Waals surface area contributed by atoms with Crippen molar-refractivity contribution in [3.8, 4) is 0 Å². The van der Waals surface area contributed by atoms with Crippen molar-refractivity contribution in [2.24, 2.45) is 14.1 Å². The molecule has 0 radical (unpaired) electrons. The number of carbonyl (C=O) groups is 1. The molecule has 0 spiro atoms. The van der Waals surface area contributed by atoms with E-state index in [9.17, 15) is 14.4 Å². The van der Waals surface area contributed by atoms with E-state index in [4.69, 9.17) is 4.74 Å². The number of ether oxygens (including phenoxy) is 1. The zero-order chi connectivity index (χ0) is 24.9. The van der Waals surface area contributed by atoms with Crippen LogP contribution >= 0.6 is 0 Å². The van der Waals surface area contributed by atoms with Crippen molar-refractivity contribution in [3.05, 3.63) is 99.0 Å². The largest absolute Gasteiger partial charge is 1.00 e. The summed E-state index contributed by atoms with van der Waals surface area (Å²) in [5.74, 6) is -0.752. The van der Waals surface area contributed by atoms with Crippen LogP contribution in [0.2, 0.25) is 0 Å². The van der Waals surface area contributed by atoms with E-state index in [1.54, 1.807) is 17.9 Å². The second-order valence-corrected chi connectivity index (χ2v) is 8.69. The number of quaternary nitrogens is 1. The van der Waals surface area contributed by atoms with Crippen LogP contribution in [0, 0.1) is 0 Å². The fourth-order valence-corrected chi connectivity index (χ4v) is 4.17. The SMILES string of the molecule is Cn1c(=O)c2c(ncn2CC[NH+](C)CCOC(=O)C(c2ccccc2)c2ccccc2)n(C)c1=O.[Cl-]. The standard InChI is InChI=1S/C26H29N5O4.ClH/c1-28(14-15-31-18-27-23-22(31)24(32)30(3)26(34)29(23)2)16-17-35-25(33)21(19-10-6-4-7-11-19)20-12-8-5-9-13-20;/h4-13,18,21H,14-17H2,1-3H3;1H. The van der Waals surface area contributed by atoms with Crippen LogP contribution in [0.5, 0.6) is 0 Å². The molecule has 2 aromatic heterocycles. The number of nitrogens with zero attached hydrogens (tertiary/aromatic N) is 4. The first-order valence-corrected chi connectivity index (χ1v) is 11.6. The summed E-state index contributed by atoms with van der Waals surface area (Å²) in [7, 11) is 5.07. The monoisotopic (exact) mass is 511 g/mol. The number of esters is 1. The van der Waals surface area contributed by atoms with Crippen LogP contribution < -0.4 is 28.6 Å². The molecule has 4 aromatic rings. The fraction of sp³-hybridized carbons (Fsp3) is 0.308. The van der Waals surface area contributed by atoms with E-state index < -0.39 is 11.6 Å². The molecule has 0 aliphatic rings. The number of fused-ring (bicyclic) bond motifs is 1. The quantitative estimate of drug-likeness (QED) is 0.247. The van der Waals surface area contributed by atoms with Crippen LogP contribution in [0.3, 0.4) is 0 Å². The second-order valence-electron chi connectivity index (χ2n) is 8.69. The smallest absolute Gasteiger partial charge is 0.332 e. The van der Waals surface area contributed by atoms with E-state index in [0.717, 1.165) is 20.6 Å². The van der Waals surface area contributed by atoms with E-state index in [2.05, 4.69) is 4.98 Å². The lowest BCUT2D eigenvalue weighted by Crippen LogP contribution is -3.09. The van der Waals surface area contributed by atoms with Crippen molar-refractivity contribution >= 4 is 17.1 Å². The number of nitrogens with one attached hydrogen (secondary N) is 1. The van der Waals surface area contributed by atoms with Crippen LogP contribution in [-0.2, 0) is 30.2 Å². The van der Waals surface area contributed by atoms with Crippen LogP contribution in [0.15, 0.2) is 76.6 Å². The molecule has 0 saturated carbocycles. The molecule has 9 nitrogen and oxygen atoms in total. The number of rotatable bonds is 9. The summed E-state index contributed by atoms with van der Waals surface area (Å²) in [4.78, 5) is 43.1. The van der Waals surface area contributed by atoms with Crippen molar-refractivity contribution in [1.82, 2.24) is 18.7 Å². The molecule has 2 aromatic carbocycles. The number of hydrogen-bond acceptors (Lipinski definition) is 5. The molecule has 1 unspecified atom stereocenters. The predicted octanol–water partition coefficient (Wildman–Crippen LogP) is -2.67. The zero-order valence-corrected chi connectivity index (χ0v) is 21.3. The van der Waals surface area contributed by atoms with Crippen molar-refractivity contribution in [2.75, 3.05) is 26.7 Å². The molecule has 0 aliphatic heterocycles. The van der Waals surface area contributed by atoms with Gasteiger partial charge in [0.05, 0.1) is 26.5 Å². The molecule has 4 rings (SSSR count). The van der Waals surface area contributed by atoms with E-state index >= 15 is 0 Å². The van der Waals surface area contributed by atoms with Gasteiger partial charge in [-0.3, -0.25) is 18.7 Å². The van der Waals surface area contributed by atoms with Crippen molar-refractivity contribution in [2.45, 2.75) is 12.5 Å². The number of halogens is 1. The highest BCUT2D eigenvalue weighted by atomic mass is 35.5. The Bertz CT molecular complexity index is 1390. The van der Waals surface area contributed by atoms with E-state index in [1.165, 1.54) is 11.6 Å². The van der Waals surface area contributed by atoms with Crippen molar-refractivity contribution in [3.63, 3.8) is 0 Å². The Hall–Kier alpha value is -3.69. The number of carbonyl (C=O) groups excluding carboxylic acids is 1. The summed E-state index contributed by atoms with van der Waals surface area (Å²) in [5.41, 5.74) is 1.81. The summed E-state index contributed by atoms with van der Waals surface area (Å²) < 4.78 is 9.92. The molecule has 10 heteroatoms. The molecule has 0 amide bonds. The van der Waals surface area contributed by atoms with Gasteiger partial charge in [0.15, 0.2) is 11.2 Å². The Labute approximate surface area is 215 Å². The van der Waals surface area contributed by atoms with Gasteiger partial charge < -0.3 is 26.6 Å². The van der Waals surface area contributed by atoms with Crippen LogP contribution in [0.25, 0.3) is 11.2 Å². The molecular formula is C26H30ClN5O4. The van der Waals surface area contributed by atoms with Crippen LogP contribution in [0.4, 0.5) is 0 Å². The van der Waals surface area contributed by atoms with E-state index in [1.807, 2.05) is 67.7 Å². The van der Waals surface area contributed by atoms with Gasteiger partial charge in [0.25, 0.3) is 5.56 Å². The molecule has 190 valence electrons. The maximum atomic E-state index is 13.0. The van der Waals surface area contributed by atoms with E-state index in [-0.39, 0.29) is 30.5 Å². The minimum absolute atomic E-state index is 0. The molecule has 0 saturated heterocycles. The number of aryl methyl sites for hydroxylation is 1. The lowest BCUT2D eigenvalue weighted by molar-refractivity contribution is -0.880. The maximum absolute atomic E-state index is 13.0. The lowest BCUT2D eigenvalue weighted by atomic mass is 9.91. The van der Waals surface area contributed by atoms with Gasteiger partial charge in [-0.1, -0.05) is 60.7 Å². The summed E-state index contributed by atoms with van der Waals surface area (Å²) >= 11 is 0. The molecular weight excluding hydrogens is 482 g/mol. The Morgan fingerprint density at radius 1 is 0.944 bits per heavy atom. The third kappa shape index (κ3) is 5.58. The molecule has 1 atom stereocenters. The molecule has 36 heavy (non-hydrogen) atoms. The molecule has 0 fully saturated rings. The average Bonchev–Trinajstić information content (AvgIpc) is 3.30. The Kier molecular flexibility index (Phi) is 8.84. The third-order valence-corrected chi connectivity index (χ3v) is 6.27. The number of aromatic nitrogens is 4. The minimum atomic E-state index is -0.474. The normalized spacial score (nSPS) is 11.9. The summed E-state index contributed by atoms with van der Waals surface area (Å²) in [6.45, 7) is 2.13. The molecule has 0 aliphatic carbocycles. The Morgan fingerprint density at radius 2 is 1.53 bits per heavy atom. The number of imidazole rings is 1. The first-order valence-electron chi connectivity index (χ1n) is 11.6.